The molecule has 0 N–H and O–H groups in total. The SMILES string of the molecule is O=C1CCCC(=O)N1CCS(=O)(=O)N1CC(Oc2ncccc2C(F)(F)F)C1. The van der Waals surface area contributed by atoms with E-state index >= 15 is 0 Å². The number of rotatable bonds is 6. The monoisotopic (exact) mass is 421 g/mol. The lowest BCUT2D eigenvalue weighted by Crippen LogP contribution is -2.57. The van der Waals surface area contributed by atoms with Crippen molar-refractivity contribution < 1.29 is 35.9 Å². The van der Waals surface area contributed by atoms with E-state index in [0.717, 1.165) is 27.5 Å². The van der Waals surface area contributed by atoms with E-state index in [0.29, 0.717) is 6.42 Å². The van der Waals surface area contributed by atoms with Gasteiger partial charge in [-0.2, -0.15) is 17.5 Å². The molecule has 28 heavy (non-hydrogen) atoms. The number of likely N-dealkylation sites (tertiary alicyclic amines) is 1. The minimum atomic E-state index is -4.63. The first-order valence-electron chi connectivity index (χ1n) is 8.58. The number of alkyl halides is 3. The lowest BCUT2D eigenvalue weighted by atomic mass is 10.1. The summed E-state index contributed by atoms with van der Waals surface area (Å²) in [7, 11) is -3.77. The first-order chi connectivity index (χ1) is 13.1. The molecule has 0 atom stereocenters. The van der Waals surface area contributed by atoms with Crippen LogP contribution in [0.1, 0.15) is 24.8 Å². The van der Waals surface area contributed by atoms with Gasteiger partial charge in [0, 0.05) is 25.6 Å². The number of imide groups is 1. The first-order valence-corrected chi connectivity index (χ1v) is 10.2. The van der Waals surface area contributed by atoms with Crippen molar-refractivity contribution in [3.8, 4) is 5.88 Å². The van der Waals surface area contributed by atoms with Crippen LogP contribution < -0.4 is 4.74 Å². The van der Waals surface area contributed by atoms with Gasteiger partial charge in [0.25, 0.3) is 0 Å². The number of carbonyl (C=O) groups excluding carboxylic acids is 2. The lowest BCUT2D eigenvalue weighted by molar-refractivity contribution is -0.147. The third-order valence-corrected chi connectivity index (χ3v) is 6.30. The molecule has 1 aromatic heterocycles. The number of pyridine rings is 1. The molecule has 0 aliphatic carbocycles. The van der Waals surface area contributed by atoms with Crippen molar-refractivity contribution in [3.63, 3.8) is 0 Å². The number of carbonyl (C=O) groups is 2. The van der Waals surface area contributed by atoms with Crippen molar-refractivity contribution in [1.29, 1.82) is 0 Å². The third-order valence-electron chi connectivity index (χ3n) is 4.52. The minimum Gasteiger partial charge on any atom is -0.471 e. The summed E-state index contributed by atoms with van der Waals surface area (Å²) in [6, 6.07) is 1.97. The molecule has 0 radical (unpaired) electrons. The third kappa shape index (κ3) is 4.43. The summed E-state index contributed by atoms with van der Waals surface area (Å²) in [5.74, 6) is -1.83. The standard InChI is InChI=1S/C16H18F3N3O5S/c17-16(18,19)12-3-2-6-20-15(12)27-11-9-21(10-11)28(25,26)8-7-22-13(23)4-1-5-14(22)24/h2-3,6,11H,1,4-5,7-10H2. The second-order valence-electron chi connectivity index (χ2n) is 6.52. The molecule has 8 nitrogen and oxygen atoms in total. The molecule has 0 spiro atoms. The van der Waals surface area contributed by atoms with Crippen LogP contribution in [0.25, 0.3) is 0 Å². The van der Waals surface area contributed by atoms with Gasteiger partial charge in [-0.3, -0.25) is 14.5 Å². The van der Waals surface area contributed by atoms with E-state index < -0.39 is 51.3 Å². The first kappa shape index (κ1) is 20.5. The van der Waals surface area contributed by atoms with Gasteiger partial charge in [-0.25, -0.2) is 13.4 Å². The van der Waals surface area contributed by atoms with Crippen molar-refractivity contribution in [2.75, 3.05) is 25.4 Å². The zero-order valence-electron chi connectivity index (χ0n) is 14.7. The maximum Gasteiger partial charge on any atom is 0.421 e. The van der Waals surface area contributed by atoms with Gasteiger partial charge in [0.2, 0.25) is 27.7 Å². The molecular weight excluding hydrogens is 403 g/mol. The number of ether oxygens (including phenoxy) is 1. The predicted octanol–water partition coefficient (Wildman–Crippen LogP) is 1.03. The van der Waals surface area contributed by atoms with E-state index in [4.69, 9.17) is 4.74 Å². The molecule has 154 valence electrons. The number of amides is 2. The Labute approximate surface area is 159 Å². The van der Waals surface area contributed by atoms with Gasteiger partial charge >= 0.3 is 6.18 Å². The molecule has 2 aliphatic heterocycles. The molecule has 2 fully saturated rings. The molecule has 3 rings (SSSR count). The van der Waals surface area contributed by atoms with Gasteiger partial charge < -0.3 is 4.74 Å². The summed E-state index contributed by atoms with van der Waals surface area (Å²) in [5.41, 5.74) is -1.03. The zero-order chi connectivity index (χ0) is 20.5. The Morgan fingerprint density at radius 2 is 1.82 bits per heavy atom. The Kier molecular flexibility index (Phi) is 5.62. The van der Waals surface area contributed by atoms with Crippen LogP contribution in [0.5, 0.6) is 5.88 Å². The number of hydrogen-bond donors (Lipinski definition) is 0. The predicted molar refractivity (Wildman–Crippen MR) is 89.6 cm³/mol. The molecular formula is C16H18F3N3O5S. The molecule has 12 heteroatoms. The molecule has 0 unspecified atom stereocenters. The fourth-order valence-corrected chi connectivity index (χ4v) is 4.40. The van der Waals surface area contributed by atoms with Crippen LogP contribution in [-0.2, 0) is 25.8 Å². The number of piperidine rings is 1. The molecule has 2 amide bonds. The molecule has 3 heterocycles. The molecule has 0 saturated carbocycles. The average Bonchev–Trinajstić information content (AvgIpc) is 2.56. The second-order valence-corrected chi connectivity index (χ2v) is 8.61. The Hall–Kier alpha value is -2.21. The second kappa shape index (κ2) is 7.66. The molecule has 2 aliphatic rings. The van der Waals surface area contributed by atoms with Crippen molar-refractivity contribution in [3.05, 3.63) is 23.9 Å². The van der Waals surface area contributed by atoms with Crippen LogP contribution in [0, 0.1) is 0 Å². The van der Waals surface area contributed by atoms with Crippen LogP contribution in [0.2, 0.25) is 0 Å². The number of hydrogen-bond acceptors (Lipinski definition) is 6. The van der Waals surface area contributed by atoms with Gasteiger partial charge in [-0.05, 0) is 18.6 Å². The van der Waals surface area contributed by atoms with Crippen molar-refractivity contribution in [1.82, 2.24) is 14.2 Å². The van der Waals surface area contributed by atoms with Crippen molar-refractivity contribution in [2.45, 2.75) is 31.5 Å². The summed E-state index contributed by atoms with van der Waals surface area (Å²) in [4.78, 5) is 28.0. The molecule has 0 aromatic carbocycles. The Balaban J connectivity index is 1.55. The highest BCUT2D eigenvalue weighted by Gasteiger charge is 2.41. The van der Waals surface area contributed by atoms with Gasteiger partial charge in [-0.1, -0.05) is 0 Å². The van der Waals surface area contributed by atoms with Crippen LogP contribution in [0.4, 0.5) is 13.2 Å². The lowest BCUT2D eigenvalue weighted by Gasteiger charge is -2.38. The highest BCUT2D eigenvalue weighted by atomic mass is 32.2. The maximum atomic E-state index is 12.9. The number of halogens is 3. The molecule has 0 bridgehead atoms. The van der Waals surface area contributed by atoms with Gasteiger partial charge in [0.1, 0.15) is 11.7 Å². The topological polar surface area (TPSA) is 96.9 Å². The van der Waals surface area contributed by atoms with Gasteiger partial charge in [0.05, 0.1) is 18.8 Å². The molecule has 1 aromatic rings. The van der Waals surface area contributed by atoms with E-state index in [1.54, 1.807) is 0 Å². The summed E-state index contributed by atoms with van der Waals surface area (Å²) in [6.07, 6.45) is -3.37. The van der Waals surface area contributed by atoms with E-state index in [9.17, 15) is 31.2 Å². The fraction of sp³-hybridized carbons (Fsp3) is 0.562. The molecule has 2 saturated heterocycles. The average molecular weight is 421 g/mol. The summed E-state index contributed by atoms with van der Waals surface area (Å²) < 4.78 is 69.7. The Bertz CT molecular complexity index is 853. The Morgan fingerprint density at radius 1 is 1.18 bits per heavy atom. The fourth-order valence-electron chi connectivity index (χ4n) is 2.95. The number of aromatic nitrogens is 1. The summed E-state index contributed by atoms with van der Waals surface area (Å²) >= 11 is 0. The van der Waals surface area contributed by atoms with Crippen molar-refractivity contribution >= 4 is 21.8 Å². The van der Waals surface area contributed by atoms with E-state index in [-0.39, 0.29) is 32.5 Å². The normalized spacial score (nSPS) is 19.6. The van der Waals surface area contributed by atoms with Crippen LogP contribution in [0.15, 0.2) is 18.3 Å². The highest BCUT2D eigenvalue weighted by Crippen LogP contribution is 2.35. The van der Waals surface area contributed by atoms with E-state index in [1.807, 2.05) is 0 Å². The van der Waals surface area contributed by atoms with Crippen LogP contribution in [0.3, 0.4) is 0 Å². The summed E-state index contributed by atoms with van der Waals surface area (Å²) in [6.45, 7) is -0.489. The van der Waals surface area contributed by atoms with Crippen LogP contribution >= 0.6 is 0 Å². The van der Waals surface area contributed by atoms with Gasteiger partial charge in [0.15, 0.2) is 0 Å². The largest absolute Gasteiger partial charge is 0.471 e. The number of sulfonamides is 1. The minimum absolute atomic E-state index is 0.127. The van der Waals surface area contributed by atoms with Gasteiger partial charge in [-0.15, -0.1) is 0 Å². The quantitative estimate of drug-likeness (QED) is 0.637. The Morgan fingerprint density at radius 3 is 2.43 bits per heavy atom. The van der Waals surface area contributed by atoms with Crippen LogP contribution in [-0.4, -0.2) is 65.9 Å². The maximum absolute atomic E-state index is 12.9. The van der Waals surface area contributed by atoms with Crippen molar-refractivity contribution in [2.24, 2.45) is 0 Å². The summed E-state index contributed by atoms with van der Waals surface area (Å²) in [5, 5.41) is 0. The smallest absolute Gasteiger partial charge is 0.421 e. The van der Waals surface area contributed by atoms with E-state index in [2.05, 4.69) is 4.98 Å². The highest BCUT2D eigenvalue weighted by molar-refractivity contribution is 7.89. The zero-order valence-corrected chi connectivity index (χ0v) is 15.5. The number of nitrogens with zero attached hydrogens (tertiary/aromatic N) is 3. The van der Waals surface area contributed by atoms with E-state index in [1.165, 1.54) is 0 Å².